The zero-order valence-electron chi connectivity index (χ0n) is 11.4. The SMILES string of the molecule is COc1ccc2nc(CCCl)n(-c3cccc(F)c3)c2n1. The summed E-state index contributed by atoms with van der Waals surface area (Å²) in [5.74, 6) is 1.34. The number of ether oxygens (including phenoxy) is 1. The van der Waals surface area contributed by atoms with Gasteiger partial charge in [0.25, 0.3) is 0 Å². The molecule has 6 heteroatoms. The molecule has 0 spiro atoms. The second-order valence-corrected chi connectivity index (χ2v) is 4.86. The summed E-state index contributed by atoms with van der Waals surface area (Å²) in [5.41, 5.74) is 2.01. The fourth-order valence-corrected chi connectivity index (χ4v) is 2.41. The molecule has 0 N–H and O–H groups in total. The molecule has 0 aliphatic heterocycles. The molecule has 0 aliphatic carbocycles. The van der Waals surface area contributed by atoms with E-state index in [0.717, 1.165) is 11.3 Å². The summed E-state index contributed by atoms with van der Waals surface area (Å²) in [7, 11) is 1.55. The van der Waals surface area contributed by atoms with Crippen molar-refractivity contribution in [2.24, 2.45) is 0 Å². The van der Waals surface area contributed by atoms with Gasteiger partial charge in [-0.05, 0) is 24.3 Å². The normalized spacial score (nSPS) is 11.0. The first-order chi connectivity index (χ1) is 10.2. The highest BCUT2D eigenvalue weighted by Crippen LogP contribution is 2.23. The highest BCUT2D eigenvalue weighted by atomic mass is 35.5. The second-order valence-electron chi connectivity index (χ2n) is 4.48. The first-order valence-corrected chi connectivity index (χ1v) is 7.00. The maximum Gasteiger partial charge on any atom is 0.215 e. The number of benzene rings is 1. The lowest BCUT2D eigenvalue weighted by Crippen LogP contribution is -2.03. The van der Waals surface area contributed by atoms with Crippen molar-refractivity contribution in [2.75, 3.05) is 13.0 Å². The third-order valence-electron chi connectivity index (χ3n) is 3.14. The molecule has 0 fully saturated rings. The summed E-state index contributed by atoms with van der Waals surface area (Å²) in [6.45, 7) is 0. The number of methoxy groups -OCH3 is 1. The number of aromatic nitrogens is 3. The standard InChI is InChI=1S/C15H13ClFN3O/c1-21-14-6-5-12-15(19-14)20(13(18-12)7-8-16)11-4-2-3-10(17)9-11/h2-6,9H,7-8H2,1H3. The lowest BCUT2D eigenvalue weighted by atomic mass is 10.3. The van der Waals surface area contributed by atoms with Gasteiger partial charge in [0.2, 0.25) is 5.88 Å². The van der Waals surface area contributed by atoms with Crippen LogP contribution in [0, 0.1) is 5.82 Å². The van der Waals surface area contributed by atoms with E-state index in [1.54, 1.807) is 19.2 Å². The molecule has 0 aliphatic rings. The quantitative estimate of drug-likeness (QED) is 0.694. The van der Waals surface area contributed by atoms with Crippen molar-refractivity contribution in [1.29, 1.82) is 0 Å². The van der Waals surface area contributed by atoms with E-state index in [9.17, 15) is 4.39 Å². The number of alkyl halides is 1. The molecule has 0 atom stereocenters. The molecule has 2 aromatic heterocycles. The molecule has 0 amide bonds. The number of hydrogen-bond acceptors (Lipinski definition) is 3. The van der Waals surface area contributed by atoms with Crippen molar-refractivity contribution < 1.29 is 9.13 Å². The van der Waals surface area contributed by atoms with Gasteiger partial charge in [0, 0.05) is 18.4 Å². The molecule has 0 saturated heterocycles. The molecular formula is C15H13ClFN3O. The predicted molar refractivity (Wildman–Crippen MR) is 79.8 cm³/mol. The highest BCUT2D eigenvalue weighted by molar-refractivity contribution is 6.17. The van der Waals surface area contributed by atoms with Crippen molar-refractivity contribution in [1.82, 2.24) is 14.5 Å². The number of halogens is 2. The number of imidazole rings is 1. The van der Waals surface area contributed by atoms with E-state index in [0.29, 0.717) is 29.5 Å². The van der Waals surface area contributed by atoms with E-state index in [1.807, 2.05) is 16.7 Å². The number of fused-ring (bicyclic) bond motifs is 1. The average molecular weight is 306 g/mol. The average Bonchev–Trinajstić information content (AvgIpc) is 2.84. The molecule has 4 nitrogen and oxygen atoms in total. The van der Waals surface area contributed by atoms with E-state index in [4.69, 9.17) is 16.3 Å². The summed E-state index contributed by atoms with van der Waals surface area (Å²) in [6.07, 6.45) is 0.566. The summed E-state index contributed by atoms with van der Waals surface area (Å²) in [4.78, 5) is 8.94. The van der Waals surface area contributed by atoms with E-state index >= 15 is 0 Å². The molecule has 0 unspecified atom stereocenters. The van der Waals surface area contributed by atoms with Gasteiger partial charge in [-0.2, -0.15) is 4.98 Å². The van der Waals surface area contributed by atoms with Gasteiger partial charge in [-0.15, -0.1) is 11.6 Å². The van der Waals surface area contributed by atoms with Gasteiger partial charge in [-0.1, -0.05) is 6.07 Å². The minimum absolute atomic E-state index is 0.311. The Morgan fingerprint density at radius 1 is 1.24 bits per heavy atom. The molecular weight excluding hydrogens is 293 g/mol. The lowest BCUT2D eigenvalue weighted by Gasteiger charge is -2.08. The second kappa shape index (κ2) is 5.69. The van der Waals surface area contributed by atoms with Crippen molar-refractivity contribution in [2.45, 2.75) is 6.42 Å². The van der Waals surface area contributed by atoms with Crippen molar-refractivity contribution >= 4 is 22.8 Å². The van der Waals surface area contributed by atoms with Gasteiger partial charge >= 0.3 is 0 Å². The summed E-state index contributed by atoms with van der Waals surface area (Å²) >= 11 is 5.84. The Kier molecular flexibility index (Phi) is 3.75. The van der Waals surface area contributed by atoms with Crippen LogP contribution in [0.1, 0.15) is 5.82 Å². The van der Waals surface area contributed by atoms with Crippen LogP contribution in [-0.4, -0.2) is 27.5 Å². The number of rotatable bonds is 4. The van der Waals surface area contributed by atoms with Gasteiger partial charge in [-0.3, -0.25) is 4.57 Å². The number of hydrogen-bond donors (Lipinski definition) is 0. The van der Waals surface area contributed by atoms with E-state index in [-0.39, 0.29) is 5.82 Å². The summed E-state index contributed by atoms with van der Waals surface area (Å²) < 4.78 is 20.5. The Morgan fingerprint density at radius 2 is 2.10 bits per heavy atom. The zero-order chi connectivity index (χ0) is 14.8. The molecule has 3 rings (SSSR count). The molecule has 2 heterocycles. The Bertz CT molecular complexity index is 788. The van der Waals surface area contributed by atoms with Gasteiger partial charge in [0.15, 0.2) is 5.65 Å². The minimum atomic E-state index is -0.311. The molecule has 108 valence electrons. The minimum Gasteiger partial charge on any atom is -0.481 e. The summed E-state index contributed by atoms with van der Waals surface area (Å²) in [5, 5.41) is 0. The first kappa shape index (κ1) is 13.8. The zero-order valence-corrected chi connectivity index (χ0v) is 12.1. The van der Waals surface area contributed by atoms with Crippen LogP contribution in [-0.2, 0) is 6.42 Å². The third-order valence-corrected chi connectivity index (χ3v) is 3.33. The lowest BCUT2D eigenvalue weighted by molar-refractivity contribution is 0.399. The molecule has 1 aromatic carbocycles. The van der Waals surface area contributed by atoms with Gasteiger partial charge < -0.3 is 4.74 Å². The maximum absolute atomic E-state index is 13.5. The van der Waals surface area contributed by atoms with Crippen LogP contribution in [0.3, 0.4) is 0 Å². The Labute approximate surface area is 126 Å². The maximum atomic E-state index is 13.5. The number of pyridine rings is 1. The van der Waals surface area contributed by atoms with Crippen molar-refractivity contribution in [3.8, 4) is 11.6 Å². The molecule has 21 heavy (non-hydrogen) atoms. The van der Waals surface area contributed by atoms with Gasteiger partial charge in [0.05, 0.1) is 12.8 Å². The molecule has 0 radical (unpaired) electrons. The largest absolute Gasteiger partial charge is 0.481 e. The van der Waals surface area contributed by atoms with Crippen LogP contribution in [0.25, 0.3) is 16.9 Å². The van der Waals surface area contributed by atoms with Gasteiger partial charge in [0.1, 0.15) is 17.2 Å². The van der Waals surface area contributed by atoms with Crippen LogP contribution in [0.15, 0.2) is 36.4 Å². The Morgan fingerprint density at radius 3 is 2.81 bits per heavy atom. The smallest absolute Gasteiger partial charge is 0.215 e. The van der Waals surface area contributed by atoms with E-state index < -0.39 is 0 Å². The molecule has 0 saturated carbocycles. The Balaban J connectivity index is 2.28. The fourth-order valence-electron chi connectivity index (χ4n) is 2.24. The van der Waals surface area contributed by atoms with E-state index in [2.05, 4.69) is 9.97 Å². The highest BCUT2D eigenvalue weighted by Gasteiger charge is 2.14. The monoisotopic (exact) mass is 305 g/mol. The topological polar surface area (TPSA) is 39.9 Å². The molecule has 3 aromatic rings. The number of nitrogens with zero attached hydrogens (tertiary/aromatic N) is 3. The van der Waals surface area contributed by atoms with Crippen molar-refractivity contribution in [3.63, 3.8) is 0 Å². The first-order valence-electron chi connectivity index (χ1n) is 6.47. The van der Waals surface area contributed by atoms with Crippen molar-refractivity contribution in [3.05, 3.63) is 48.0 Å². The van der Waals surface area contributed by atoms with E-state index in [1.165, 1.54) is 12.1 Å². The van der Waals surface area contributed by atoms with Crippen LogP contribution < -0.4 is 4.74 Å². The molecule has 0 bridgehead atoms. The van der Waals surface area contributed by atoms with Gasteiger partial charge in [-0.25, -0.2) is 9.37 Å². The fraction of sp³-hybridized carbons (Fsp3) is 0.200. The predicted octanol–water partition coefficient (Wildman–Crippen LogP) is 3.35. The van der Waals surface area contributed by atoms with Crippen LogP contribution >= 0.6 is 11.6 Å². The van der Waals surface area contributed by atoms with Crippen LogP contribution in [0.2, 0.25) is 0 Å². The Hall–Kier alpha value is -2.14. The third kappa shape index (κ3) is 2.56. The van der Waals surface area contributed by atoms with Crippen LogP contribution in [0.4, 0.5) is 4.39 Å². The number of aryl methyl sites for hydroxylation is 1. The summed E-state index contributed by atoms with van der Waals surface area (Å²) in [6, 6.07) is 9.88. The van der Waals surface area contributed by atoms with Crippen LogP contribution in [0.5, 0.6) is 5.88 Å².